The molecule has 1 amide bonds. The highest BCUT2D eigenvalue weighted by atomic mass is 35.5. The van der Waals surface area contributed by atoms with Gasteiger partial charge in [0, 0.05) is 17.5 Å². The summed E-state index contributed by atoms with van der Waals surface area (Å²) in [7, 11) is 0. The third kappa shape index (κ3) is 2.29. The topological polar surface area (TPSA) is 29.1 Å². The van der Waals surface area contributed by atoms with Gasteiger partial charge in [-0.2, -0.15) is 0 Å². The second-order valence-corrected chi connectivity index (χ2v) is 4.12. The summed E-state index contributed by atoms with van der Waals surface area (Å²) in [5.74, 6) is -0.340. The molecule has 2 nitrogen and oxygen atoms in total. The molecule has 0 bridgehead atoms. The lowest BCUT2D eigenvalue weighted by Crippen LogP contribution is -2.20. The first kappa shape index (κ1) is 10.4. The summed E-state index contributed by atoms with van der Waals surface area (Å²) >= 11 is 5.92. The van der Waals surface area contributed by atoms with Crippen molar-refractivity contribution in [1.29, 1.82) is 0 Å². The molecular weight excluding hydrogens is 217 g/mol. The van der Waals surface area contributed by atoms with Crippen molar-refractivity contribution in [3.63, 3.8) is 0 Å². The number of amides is 1. The van der Waals surface area contributed by atoms with Gasteiger partial charge in [-0.3, -0.25) is 4.79 Å². The summed E-state index contributed by atoms with van der Waals surface area (Å²) in [6.45, 7) is 0.705. The number of benzene rings is 1. The molecule has 1 aromatic rings. The molecule has 1 N–H and O–H groups in total. The van der Waals surface area contributed by atoms with Crippen LogP contribution in [0, 0.1) is 11.7 Å². The molecule has 1 fully saturated rings. The van der Waals surface area contributed by atoms with Gasteiger partial charge in [-0.15, -0.1) is 0 Å². The highest BCUT2D eigenvalue weighted by molar-refractivity contribution is 6.31. The van der Waals surface area contributed by atoms with Crippen LogP contribution >= 0.6 is 11.6 Å². The maximum absolute atomic E-state index is 13.0. The number of halogens is 2. The van der Waals surface area contributed by atoms with Gasteiger partial charge in [0.2, 0.25) is 5.91 Å². The maximum Gasteiger partial charge on any atom is 0.223 e. The van der Waals surface area contributed by atoms with Crippen LogP contribution in [0.2, 0.25) is 5.02 Å². The van der Waals surface area contributed by atoms with E-state index in [0.717, 1.165) is 6.42 Å². The number of hydrogen-bond acceptors (Lipinski definition) is 1. The molecule has 0 spiro atoms. The molecule has 0 saturated carbocycles. The van der Waals surface area contributed by atoms with Crippen LogP contribution < -0.4 is 5.32 Å². The Morgan fingerprint density at radius 2 is 2.33 bits per heavy atom. The molecule has 0 aliphatic carbocycles. The minimum absolute atomic E-state index is 0.0373. The van der Waals surface area contributed by atoms with Crippen molar-refractivity contribution < 1.29 is 9.18 Å². The number of carbonyl (C=O) groups is 1. The molecule has 1 aliphatic rings. The second kappa shape index (κ2) is 4.19. The lowest BCUT2D eigenvalue weighted by molar-refractivity contribution is -0.122. The van der Waals surface area contributed by atoms with Crippen molar-refractivity contribution in [2.45, 2.75) is 12.8 Å². The van der Waals surface area contributed by atoms with Gasteiger partial charge < -0.3 is 5.32 Å². The average molecular weight is 228 g/mol. The van der Waals surface area contributed by atoms with E-state index in [1.54, 1.807) is 0 Å². The fourth-order valence-corrected chi connectivity index (χ4v) is 2.00. The van der Waals surface area contributed by atoms with Crippen LogP contribution in [0.25, 0.3) is 0 Å². The van der Waals surface area contributed by atoms with E-state index in [0.29, 0.717) is 23.6 Å². The molecule has 80 valence electrons. The Labute approximate surface area is 92.4 Å². The summed E-state index contributed by atoms with van der Waals surface area (Å²) in [5.41, 5.74) is 0.707. The minimum atomic E-state index is -0.312. The predicted molar refractivity (Wildman–Crippen MR) is 56.2 cm³/mol. The molecule has 1 saturated heterocycles. The van der Waals surface area contributed by atoms with Crippen LogP contribution in [0.5, 0.6) is 0 Å². The van der Waals surface area contributed by atoms with Gasteiger partial charge in [0.15, 0.2) is 0 Å². The van der Waals surface area contributed by atoms with E-state index in [2.05, 4.69) is 5.32 Å². The number of rotatable bonds is 2. The summed E-state index contributed by atoms with van der Waals surface area (Å²) < 4.78 is 13.0. The van der Waals surface area contributed by atoms with E-state index < -0.39 is 0 Å². The number of hydrogen-bond donors (Lipinski definition) is 1. The molecule has 15 heavy (non-hydrogen) atoms. The van der Waals surface area contributed by atoms with E-state index in [9.17, 15) is 9.18 Å². The average Bonchev–Trinajstić information content (AvgIpc) is 2.58. The van der Waals surface area contributed by atoms with Crippen LogP contribution in [-0.4, -0.2) is 12.5 Å². The fraction of sp³-hybridized carbons (Fsp3) is 0.364. The summed E-state index contributed by atoms with van der Waals surface area (Å²) in [6.07, 6.45) is 1.31. The van der Waals surface area contributed by atoms with E-state index in [4.69, 9.17) is 11.6 Å². The van der Waals surface area contributed by atoms with E-state index in [-0.39, 0.29) is 17.6 Å². The quantitative estimate of drug-likeness (QED) is 0.824. The van der Waals surface area contributed by atoms with Crippen molar-refractivity contribution in [3.8, 4) is 0 Å². The molecule has 1 aromatic carbocycles. The minimum Gasteiger partial charge on any atom is -0.356 e. The molecular formula is C11H11ClFNO. The predicted octanol–water partition coefficient (Wildman–Crippen LogP) is 2.16. The van der Waals surface area contributed by atoms with Crippen molar-refractivity contribution in [1.82, 2.24) is 5.32 Å². The van der Waals surface area contributed by atoms with Crippen LogP contribution in [0.1, 0.15) is 12.0 Å². The zero-order valence-corrected chi connectivity index (χ0v) is 8.85. The molecule has 1 unspecified atom stereocenters. The maximum atomic E-state index is 13.0. The van der Waals surface area contributed by atoms with Crippen LogP contribution in [0.15, 0.2) is 18.2 Å². The Morgan fingerprint density at radius 1 is 1.53 bits per heavy atom. The standard InChI is InChI=1S/C11H11ClFNO/c12-10-2-1-9(13)6-8(10)5-7-3-4-14-11(7)15/h1-2,6-7H,3-5H2,(H,14,15). The van der Waals surface area contributed by atoms with Crippen LogP contribution in [-0.2, 0) is 11.2 Å². The van der Waals surface area contributed by atoms with E-state index >= 15 is 0 Å². The van der Waals surface area contributed by atoms with Crippen molar-refractivity contribution in [3.05, 3.63) is 34.6 Å². The molecule has 1 aliphatic heterocycles. The van der Waals surface area contributed by atoms with Gasteiger partial charge in [-0.1, -0.05) is 11.6 Å². The molecule has 0 radical (unpaired) electrons. The Balaban J connectivity index is 2.16. The van der Waals surface area contributed by atoms with Crippen LogP contribution in [0.3, 0.4) is 0 Å². The van der Waals surface area contributed by atoms with Crippen molar-refractivity contribution >= 4 is 17.5 Å². The van der Waals surface area contributed by atoms with Gasteiger partial charge >= 0.3 is 0 Å². The van der Waals surface area contributed by atoms with Gasteiger partial charge in [-0.05, 0) is 36.6 Å². The fourth-order valence-electron chi connectivity index (χ4n) is 1.80. The molecule has 4 heteroatoms. The molecule has 1 heterocycles. The Hall–Kier alpha value is -1.09. The zero-order valence-electron chi connectivity index (χ0n) is 8.09. The third-order valence-electron chi connectivity index (χ3n) is 2.64. The summed E-state index contributed by atoms with van der Waals surface area (Å²) in [6, 6.07) is 4.24. The SMILES string of the molecule is O=C1NCCC1Cc1cc(F)ccc1Cl. The molecule has 2 rings (SSSR count). The second-order valence-electron chi connectivity index (χ2n) is 3.72. The van der Waals surface area contributed by atoms with E-state index in [1.165, 1.54) is 18.2 Å². The molecule has 1 atom stereocenters. The van der Waals surface area contributed by atoms with Gasteiger partial charge in [0.05, 0.1) is 0 Å². The highest BCUT2D eigenvalue weighted by Gasteiger charge is 2.24. The first-order chi connectivity index (χ1) is 7.16. The van der Waals surface area contributed by atoms with Gasteiger partial charge in [-0.25, -0.2) is 4.39 Å². The van der Waals surface area contributed by atoms with Gasteiger partial charge in [0.25, 0.3) is 0 Å². The van der Waals surface area contributed by atoms with Crippen molar-refractivity contribution in [2.75, 3.05) is 6.54 Å². The Bertz CT molecular complexity index is 394. The van der Waals surface area contributed by atoms with Crippen molar-refractivity contribution in [2.24, 2.45) is 5.92 Å². The Kier molecular flexibility index (Phi) is 2.91. The van der Waals surface area contributed by atoms with E-state index in [1.807, 2.05) is 0 Å². The largest absolute Gasteiger partial charge is 0.356 e. The molecule has 0 aromatic heterocycles. The summed E-state index contributed by atoms with van der Waals surface area (Å²) in [4.78, 5) is 11.3. The van der Waals surface area contributed by atoms with Gasteiger partial charge in [0.1, 0.15) is 5.82 Å². The number of nitrogens with one attached hydrogen (secondary N) is 1. The third-order valence-corrected chi connectivity index (χ3v) is 3.01. The Morgan fingerprint density at radius 3 is 3.00 bits per heavy atom. The lowest BCUT2D eigenvalue weighted by atomic mass is 9.98. The lowest BCUT2D eigenvalue weighted by Gasteiger charge is -2.08. The first-order valence-electron chi connectivity index (χ1n) is 4.88. The smallest absolute Gasteiger partial charge is 0.223 e. The number of carbonyl (C=O) groups excluding carboxylic acids is 1. The first-order valence-corrected chi connectivity index (χ1v) is 5.26. The zero-order chi connectivity index (χ0) is 10.8. The summed E-state index contributed by atoms with van der Waals surface area (Å²) in [5, 5.41) is 3.27. The normalized spacial score (nSPS) is 20.4. The highest BCUT2D eigenvalue weighted by Crippen LogP contribution is 2.23. The van der Waals surface area contributed by atoms with Crippen LogP contribution in [0.4, 0.5) is 4.39 Å². The monoisotopic (exact) mass is 227 g/mol.